The third-order valence-electron chi connectivity index (χ3n) is 4.70. The number of nitrogens with zero attached hydrogens (tertiary/aromatic N) is 5. The smallest absolute Gasteiger partial charge is 0.231 e. The average molecular weight is 422 g/mol. The number of aryl methyl sites for hydroxylation is 1. The average Bonchev–Trinajstić information content (AvgIpc) is 3.36. The summed E-state index contributed by atoms with van der Waals surface area (Å²) >= 11 is 1.30. The van der Waals surface area contributed by atoms with E-state index < -0.39 is 0 Å². The highest BCUT2D eigenvalue weighted by Crippen LogP contribution is 2.23. The Bertz CT molecular complexity index is 1130. The summed E-state index contributed by atoms with van der Waals surface area (Å²) in [5.41, 5.74) is 3.82. The number of hydrogen-bond donors (Lipinski definition) is 2. The van der Waals surface area contributed by atoms with Gasteiger partial charge in [-0.25, -0.2) is 4.98 Å². The summed E-state index contributed by atoms with van der Waals surface area (Å²) in [6.07, 6.45) is 0. The second kappa shape index (κ2) is 8.66. The summed E-state index contributed by atoms with van der Waals surface area (Å²) in [5.74, 6) is 1.04. The Hall–Kier alpha value is -3.20. The number of aromatic amines is 1. The van der Waals surface area contributed by atoms with Gasteiger partial charge in [-0.2, -0.15) is 4.68 Å². The van der Waals surface area contributed by atoms with Crippen LogP contribution < -0.4 is 5.32 Å². The van der Waals surface area contributed by atoms with E-state index in [-0.39, 0.29) is 23.6 Å². The van der Waals surface area contributed by atoms with Crippen molar-refractivity contribution in [3.8, 4) is 5.69 Å². The maximum absolute atomic E-state index is 12.7. The first-order valence-electron chi connectivity index (χ1n) is 9.73. The Kier molecular flexibility index (Phi) is 5.80. The normalized spacial score (nSPS) is 12.4. The molecular weight excluding hydrogens is 398 g/mol. The van der Waals surface area contributed by atoms with Gasteiger partial charge >= 0.3 is 0 Å². The zero-order valence-corrected chi connectivity index (χ0v) is 17.8. The van der Waals surface area contributed by atoms with Crippen molar-refractivity contribution in [3.05, 3.63) is 59.9 Å². The molecule has 2 N–H and O–H groups in total. The zero-order chi connectivity index (χ0) is 21.1. The quantitative estimate of drug-likeness (QED) is 0.443. The molecule has 9 heteroatoms. The van der Waals surface area contributed by atoms with Crippen LogP contribution in [0.15, 0.2) is 53.7 Å². The lowest BCUT2D eigenvalue weighted by Crippen LogP contribution is -2.33. The largest absolute Gasteiger partial charge is 0.345 e. The van der Waals surface area contributed by atoms with Crippen molar-refractivity contribution in [3.63, 3.8) is 0 Å². The van der Waals surface area contributed by atoms with Gasteiger partial charge in [-0.05, 0) is 53.1 Å². The van der Waals surface area contributed by atoms with E-state index in [1.54, 1.807) is 4.68 Å². The van der Waals surface area contributed by atoms with Crippen LogP contribution in [0, 0.1) is 12.8 Å². The molecule has 0 aliphatic carbocycles. The van der Waals surface area contributed by atoms with E-state index in [1.165, 1.54) is 11.8 Å². The molecule has 0 aliphatic rings. The maximum atomic E-state index is 12.7. The van der Waals surface area contributed by atoms with Crippen LogP contribution in [-0.4, -0.2) is 41.8 Å². The fraction of sp³-hybridized carbons (Fsp3) is 0.286. The third-order valence-corrected chi connectivity index (χ3v) is 5.62. The van der Waals surface area contributed by atoms with Gasteiger partial charge in [-0.15, -0.1) is 5.10 Å². The molecule has 4 aromatic rings. The number of hydrogen-bond acceptors (Lipinski definition) is 6. The van der Waals surface area contributed by atoms with Crippen molar-refractivity contribution in [2.45, 2.75) is 32.0 Å². The summed E-state index contributed by atoms with van der Waals surface area (Å²) in [4.78, 5) is 20.7. The van der Waals surface area contributed by atoms with Crippen molar-refractivity contribution in [1.29, 1.82) is 0 Å². The maximum Gasteiger partial charge on any atom is 0.231 e. The number of thioether (sulfide) groups is 1. The summed E-state index contributed by atoms with van der Waals surface area (Å²) < 4.78 is 1.64. The Morgan fingerprint density at radius 3 is 2.80 bits per heavy atom. The van der Waals surface area contributed by atoms with Crippen LogP contribution in [0.25, 0.3) is 16.7 Å². The molecule has 2 heterocycles. The summed E-state index contributed by atoms with van der Waals surface area (Å²) in [6.45, 7) is 6.13. The van der Waals surface area contributed by atoms with E-state index in [9.17, 15) is 4.79 Å². The first kappa shape index (κ1) is 20.1. The summed E-state index contributed by atoms with van der Waals surface area (Å²) in [6, 6.07) is 15.5. The van der Waals surface area contributed by atoms with E-state index in [0.717, 1.165) is 28.1 Å². The molecule has 0 saturated heterocycles. The molecule has 0 aliphatic heterocycles. The molecule has 0 fully saturated rings. The first-order chi connectivity index (χ1) is 14.5. The SMILES string of the molecule is Cc1cccc(-n2nnnc2SCC(=O)N[C@H](c2nc3ccccc3[nH]2)C(C)C)c1. The topological polar surface area (TPSA) is 101 Å². The number of carbonyl (C=O) groups is 1. The molecule has 0 saturated carbocycles. The number of rotatable bonds is 7. The summed E-state index contributed by atoms with van der Waals surface area (Å²) in [5, 5.41) is 15.5. The molecule has 0 unspecified atom stereocenters. The molecule has 2 aromatic carbocycles. The van der Waals surface area contributed by atoms with Gasteiger partial charge in [0.05, 0.1) is 28.5 Å². The van der Waals surface area contributed by atoms with E-state index in [2.05, 4.69) is 44.7 Å². The third kappa shape index (κ3) is 4.35. The highest BCUT2D eigenvalue weighted by Gasteiger charge is 2.22. The standard InChI is InChI=1S/C21H23N7OS/c1-13(2)19(20-22-16-9-4-5-10-17(16)23-20)24-18(29)12-30-21-25-26-27-28(21)15-8-6-7-14(3)11-15/h4-11,13,19H,12H2,1-3H3,(H,22,23)(H,24,29)/t19-/m0/s1. The van der Waals surface area contributed by atoms with Gasteiger partial charge < -0.3 is 10.3 Å². The molecule has 1 atom stereocenters. The number of imidazole rings is 1. The molecule has 30 heavy (non-hydrogen) atoms. The van der Waals surface area contributed by atoms with Crippen LogP contribution in [0.2, 0.25) is 0 Å². The van der Waals surface area contributed by atoms with Crippen molar-refractivity contribution < 1.29 is 4.79 Å². The molecule has 4 rings (SSSR count). The van der Waals surface area contributed by atoms with Crippen molar-refractivity contribution in [1.82, 2.24) is 35.5 Å². The Morgan fingerprint density at radius 1 is 1.20 bits per heavy atom. The minimum atomic E-state index is -0.210. The number of tetrazole rings is 1. The van der Waals surface area contributed by atoms with Gasteiger partial charge in [0.1, 0.15) is 5.82 Å². The molecule has 1 amide bonds. The molecule has 2 aromatic heterocycles. The molecular formula is C21H23N7OS. The number of carbonyl (C=O) groups excluding carboxylic acids is 1. The van der Waals surface area contributed by atoms with Crippen molar-refractivity contribution in [2.24, 2.45) is 5.92 Å². The number of aromatic nitrogens is 6. The van der Waals surface area contributed by atoms with E-state index in [0.29, 0.717) is 5.16 Å². The first-order valence-corrected chi connectivity index (χ1v) is 10.7. The van der Waals surface area contributed by atoms with Gasteiger partial charge in [0.25, 0.3) is 0 Å². The van der Waals surface area contributed by atoms with Gasteiger partial charge in [0.2, 0.25) is 11.1 Å². The number of para-hydroxylation sites is 2. The molecule has 8 nitrogen and oxygen atoms in total. The minimum absolute atomic E-state index is 0.0991. The number of nitrogens with one attached hydrogen (secondary N) is 2. The van der Waals surface area contributed by atoms with Gasteiger partial charge in [0, 0.05) is 0 Å². The van der Waals surface area contributed by atoms with Crippen LogP contribution >= 0.6 is 11.8 Å². The van der Waals surface area contributed by atoms with Gasteiger partial charge in [0.15, 0.2) is 0 Å². The van der Waals surface area contributed by atoms with E-state index >= 15 is 0 Å². The second-order valence-corrected chi connectivity index (χ2v) is 8.37. The van der Waals surface area contributed by atoms with Gasteiger partial charge in [-0.3, -0.25) is 4.79 Å². The Morgan fingerprint density at radius 2 is 2.03 bits per heavy atom. The monoisotopic (exact) mass is 421 g/mol. The Balaban J connectivity index is 1.44. The Labute approximate surface area is 178 Å². The number of benzene rings is 2. The predicted molar refractivity (Wildman–Crippen MR) is 116 cm³/mol. The summed E-state index contributed by atoms with van der Waals surface area (Å²) in [7, 11) is 0. The highest BCUT2D eigenvalue weighted by molar-refractivity contribution is 7.99. The highest BCUT2D eigenvalue weighted by atomic mass is 32.2. The lowest BCUT2D eigenvalue weighted by atomic mass is 10.0. The fourth-order valence-corrected chi connectivity index (χ4v) is 3.91. The zero-order valence-electron chi connectivity index (χ0n) is 17.0. The van der Waals surface area contributed by atoms with E-state index in [1.807, 2.05) is 55.5 Å². The number of amides is 1. The lowest BCUT2D eigenvalue weighted by Gasteiger charge is -2.20. The van der Waals surface area contributed by atoms with Crippen molar-refractivity contribution >= 4 is 28.7 Å². The fourth-order valence-electron chi connectivity index (χ4n) is 3.21. The molecule has 0 bridgehead atoms. The van der Waals surface area contributed by atoms with Crippen LogP contribution in [0.4, 0.5) is 0 Å². The van der Waals surface area contributed by atoms with Crippen LogP contribution in [0.1, 0.15) is 31.3 Å². The number of fused-ring (bicyclic) bond motifs is 1. The van der Waals surface area contributed by atoms with Gasteiger partial charge in [-0.1, -0.05) is 49.9 Å². The number of H-pyrrole nitrogens is 1. The van der Waals surface area contributed by atoms with Crippen LogP contribution in [0.3, 0.4) is 0 Å². The van der Waals surface area contributed by atoms with Crippen molar-refractivity contribution in [2.75, 3.05) is 5.75 Å². The van der Waals surface area contributed by atoms with Crippen LogP contribution in [-0.2, 0) is 4.79 Å². The minimum Gasteiger partial charge on any atom is -0.345 e. The molecule has 154 valence electrons. The van der Waals surface area contributed by atoms with E-state index in [4.69, 9.17) is 0 Å². The lowest BCUT2D eigenvalue weighted by molar-refractivity contribution is -0.119. The second-order valence-electron chi connectivity index (χ2n) is 7.43. The molecule has 0 spiro atoms. The molecule has 0 radical (unpaired) electrons. The van der Waals surface area contributed by atoms with Crippen LogP contribution in [0.5, 0.6) is 0 Å². The predicted octanol–water partition coefficient (Wildman–Crippen LogP) is 3.45.